The fourth-order valence-corrected chi connectivity index (χ4v) is 2.26. The zero-order valence-corrected chi connectivity index (χ0v) is 11.5. The van der Waals surface area contributed by atoms with Crippen LogP contribution in [0.3, 0.4) is 0 Å². The van der Waals surface area contributed by atoms with Crippen LogP contribution in [-0.4, -0.2) is 9.78 Å². The summed E-state index contributed by atoms with van der Waals surface area (Å²) >= 11 is 6.19. The Morgan fingerprint density at radius 2 is 1.95 bits per heavy atom. The summed E-state index contributed by atoms with van der Waals surface area (Å²) in [6.45, 7) is 4.01. The average molecular weight is 283 g/mol. The third-order valence-corrected chi connectivity index (χ3v) is 3.21. The molecule has 102 valence electrons. The van der Waals surface area contributed by atoms with E-state index < -0.39 is 0 Å². The fourth-order valence-electron chi connectivity index (χ4n) is 2.02. The molecule has 0 saturated heterocycles. The number of benzene rings is 1. The second-order valence-electron chi connectivity index (χ2n) is 4.57. The van der Waals surface area contributed by atoms with E-state index in [1.54, 1.807) is 23.0 Å². The first-order chi connectivity index (χ1) is 9.04. The van der Waals surface area contributed by atoms with Gasteiger partial charge in [0.25, 0.3) is 0 Å². The van der Waals surface area contributed by atoms with E-state index in [0.717, 1.165) is 11.3 Å². The van der Waals surface area contributed by atoms with Gasteiger partial charge in [0.2, 0.25) is 0 Å². The minimum absolute atomic E-state index is 0.152. The van der Waals surface area contributed by atoms with Gasteiger partial charge in [-0.25, -0.2) is 9.82 Å². The number of nitrogens with one attached hydrogen (secondary N) is 1. The van der Waals surface area contributed by atoms with Crippen molar-refractivity contribution in [3.63, 3.8) is 0 Å². The predicted molar refractivity (Wildman–Crippen MR) is 73.2 cm³/mol. The molecule has 0 aliphatic heterocycles. The van der Waals surface area contributed by atoms with E-state index in [1.807, 2.05) is 13.8 Å². The lowest BCUT2D eigenvalue weighted by Gasteiger charge is -2.20. The van der Waals surface area contributed by atoms with Gasteiger partial charge < -0.3 is 0 Å². The summed E-state index contributed by atoms with van der Waals surface area (Å²) in [6.07, 6.45) is 1.59. The number of hydrogen-bond donors (Lipinski definition) is 2. The number of nitrogens with two attached hydrogens (primary N) is 1. The molecular weight excluding hydrogens is 267 g/mol. The number of hydrogen-bond acceptors (Lipinski definition) is 3. The lowest BCUT2D eigenvalue weighted by atomic mass is 10.0. The molecule has 1 unspecified atom stereocenters. The van der Waals surface area contributed by atoms with E-state index in [2.05, 4.69) is 10.5 Å². The molecule has 0 bridgehead atoms. The van der Waals surface area contributed by atoms with E-state index in [1.165, 1.54) is 12.1 Å². The summed E-state index contributed by atoms with van der Waals surface area (Å²) in [6, 6.07) is 5.95. The molecule has 0 aliphatic carbocycles. The van der Waals surface area contributed by atoms with Crippen LogP contribution >= 0.6 is 11.6 Å². The van der Waals surface area contributed by atoms with Gasteiger partial charge >= 0.3 is 0 Å². The van der Waals surface area contributed by atoms with Crippen molar-refractivity contribution in [2.45, 2.75) is 25.9 Å². The molecule has 1 aromatic carbocycles. The zero-order chi connectivity index (χ0) is 14.0. The van der Waals surface area contributed by atoms with Gasteiger partial charge in [0.15, 0.2) is 0 Å². The Bertz CT molecular complexity index is 550. The number of halogens is 2. The highest BCUT2D eigenvalue weighted by Gasteiger charge is 2.22. The Morgan fingerprint density at radius 3 is 2.47 bits per heavy atom. The standard InChI is InChI=1S/C13H16ClFN4/c1-8(2)19-13(11(14)7-17-19)12(18-16)9-3-5-10(15)6-4-9/h3-8,12,18H,16H2,1-2H3. The molecule has 0 radical (unpaired) electrons. The van der Waals surface area contributed by atoms with Crippen molar-refractivity contribution in [2.24, 2.45) is 5.84 Å². The van der Waals surface area contributed by atoms with Crippen molar-refractivity contribution < 1.29 is 4.39 Å². The van der Waals surface area contributed by atoms with Crippen LogP contribution < -0.4 is 11.3 Å². The van der Waals surface area contributed by atoms with Crippen LogP contribution in [0.5, 0.6) is 0 Å². The van der Waals surface area contributed by atoms with Gasteiger partial charge in [-0.15, -0.1) is 0 Å². The Hall–Kier alpha value is -1.43. The van der Waals surface area contributed by atoms with Crippen molar-refractivity contribution in [1.29, 1.82) is 0 Å². The normalized spacial score (nSPS) is 12.9. The highest BCUT2D eigenvalue weighted by molar-refractivity contribution is 6.31. The second kappa shape index (κ2) is 5.69. The maximum absolute atomic E-state index is 13.0. The summed E-state index contributed by atoms with van der Waals surface area (Å²) in [5, 5.41) is 4.77. The summed E-state index contributed by atoms with van der Waals surface area (Å²) < 4.78 is 14.8. The molecular formula is C13H16ClFN4. The van der Waals surface area contributed by atoms with Crippen LogP contribution in [0, 0.1) is 5.82 Å². The molecule has 2 aromatic rings. The van der Waals surface area contributed by atoms with Crippen LogP contribution in [0.1, 0.15) is 37.2 Å². The van der Waals surface area contributed by atoms with E-state index in [0.29, 0.717) is 5.02 Å². The first-order valence-corrected chi connectivity index (χ1v) is 6.37. The van der Waals surface area contributed by atoms with Gasteiger partial charge in [0, 0.05) is 6.04 Å². The summed E-state index contributed by atoms with van der Waals surface area (Å²) in [5.41, 5.74) is 4.30. The van der Waals surface area contributed by atoms with Crippen molar-refractivity contribution in [3.8, 4) is 0 Å². The monoisotopic (exact) mass is 282 g/mol. The van der Waals surface area contributed by atoms with E-state index in [4.69, 9.17) is 17.4 Å². The predicted octanol–water partition coefficient (Wildman–Crippen LogP) is 2.81. The van der Waals surface area contributed by atoms with Crippen LogP contribution in [0.25, 0.3) is 0 Å². The Balaban J connectivity index is 2.47. The zero-order valence-electron chi connectivity index (χ0n) is 10.8. The lowest BCUT2D eigenvalue weighted by Crippen LogP contribution is -2.31. The maximum atomic E-state index is 13.0. The highest BCUT2D eigenvalue weighted by Crippen LogP contribution is 2.29. The smallest absolute Gasteiger partial charge is 0.123 e. The van der Waals surface area contributed by atoms with Crippen LogP contribution in [0.2, 0.25) is 5.02 Å². The molecule has 0 amide bonds. The Kier molecular flexibility index (Phi) is 4.19. The third-order valence-electron chi connectivity index (χ3n) is 2.92. The molecule has 6 heteroatoms. The molecule has 1 heterocycles. The van der Waals surface area contributed by atoms with Crippen molar-refractivity contribution in [3.05, 3.63) is 52.6 Å². The fraction of sp³-hybridized carbons (Fsp3) is 0.308. The molecule has 1 atom stereocenters. The van der Waals surface area contributed by atoms with Gasteiger partial charge in [0.05, 0.1) is 23.0 Å². The van der Waals surface area contributed by atoms with Gasteiger partial charge in [-0.2, -0.15) is 5.10 Å². The molecule has 4 nitrogen and oxygen atoms in total. The molecule has 3 N–H and O–H groups in total. The topological polar surface area (TPSA) is 55.9 Å². The number of rotatable bonds is 4. The van der Waals surface area contributed by atoms with Crippen LogP contribution in [0.15, 0.2) is 30.5 Å². The molecule has 19 heavy (non-hydrogen) atoms. The Morgan fingerprint density at radius 1 is 1.32 bits per heavy atom. The molecule has 0 saturated carbocycles. The number of nitrogens with zero attached hydrogens (tertiary/aromatic N) is 2. The van der Waals surface area contributed by atoms with Crippen molar-refractivity contribution in [2.75, 3.05) is 0 Å². The lowest BCUT2D eigenvalue weighted by molar-refractivity contribution is 0.476. The van der Waals surface area contributed by atoms with Crippen molar-refractivity contribution in [1.82, 2.24) is 15.2 Å². The first-order valence-electron chi connectivity index (χ1n) is 5.99. The first kappa shape index (κ1) is 14.0. The second-order valence-corrected chi connectivity index (χ2v) is 4.97. The van der Waals surface area contributed by atoms with E-state index in [-0.39, 0.29) is 17.9 Å². The molecule has 0 spiro atoms. The molecule has 2 rings (SSSR count). The maximum Gasteiger partial charge on any atom is 0.123 e. The number of aromatic nitrogens is 2. The SMILES string of the molecule is CC(C)n1ncc(Cl)c1C(NN)c1ccc(F)cc1. The third kappa shape index (κ3) is 2.78. The van der Waals surface area contributed by atoms with Crippen molar-refractivity contribution >= 4 is 11.6 Å². The Labute approximate surface area is 116 Å². The van der Waals surface area contributed by atoms with E-state index in [9.17, 15) is 4.39 Å². The molecule has 0 fully saturated rings. The van der Waals surface area contributed by atoms with Crippen LogP contribution in [0.4, 0.5) is 4.39 Å². The van der Waals surface area contributed by atoms with Gasteiger partial charge in [-0.1, -0.05) is 23.7 Å². The minimum atomic E-state index is -0.335. The average Bonchev–Trinajstić information content (AvgIpc) is 2.75. The van der Waals surface area contributed by atoms with Gasteiger partial charge in [-0.05, 0) is 31.5 Å². The van der Waals surface area contributed by atoms with E-state index >= 15 is 0 Å². The van der Waals surface area contributed by atoms with Gasteiger partial charge in [-0.3, -0.25) is 10.5 Å². The summed E-state index contributed by atoms with van der Waals surface area (Å²) in [4.78, 5) is 0. The summed E-state index contributed by atoms with van der Waals surface area (Å²) in [7, 11) is 0. The minimum Gasteiger partial charge on any atom is -0.271 e. The number of hydrazine groups is 1. The highest BCUT2D eigenvalue weighted by atomic mass is 35.5. The quantitative estimate of drug-likeness (QED) is 0.670. The molecule has 0 aliphatic rings. The van der Waals surface area contributed by atoms with Crippen LogP contribution in [-0.2, 0) is 0 Å². The summed E-state index contributed by atoms with van der Waals surface area (Å²) in [5.74, 6) is 5.34. The van der Waals surface area contributed by atoms with Gasteiger partial charge in [0.1, 0.15) is 5.82 Å². The largest absolute Gasteiger partial charge is 0.271 e. The molecule has 1 aromatic heterocycles.